The van der Waals surface area contributed by atoms with Crippen LogP contribution in [0.25, 0.3) is 6.08 Å². The first-order valence-electron chi connectivity index (χ1n) is 5.13. The van der Waals surface area contributed by atoms with E-state index >= 15 is 0 Å². The molecule has 0 spiro atoms. The number of rotatable bonds is 4. The predicted octanol–water partition coefficient (Wildman–Crippen LogP) is 3.89. The highest BCUT2D eigenvalue weighted by Gasteiger charge is 1.98. The van der Waals surface area contributed by atoms with Crippen LogP contribution in [0.5, 0.6) is 0 Å². The zero-order valence-corrected chi connectivity index (χ0v) is 11.0. The lowest BCUT2D eigenvalue weighted by Crippen LogP contribution is -1.83. The van der Waals surface area contributed by atoms with Gasteiger partial charge in [-0.1, -0.05) is 41.6 Å². The quantitative estimate of drug-likeness (QED) is 0.776. The van der Waals surface area contributed by atoms with Gasteiger partial charge < -0.3 is 0 Å². The smallest absolute Gasteiger partial charge is 0.185 e. The molecule has 88 valence electrons. The van der Waals surface area contributed by atoms with Crippen molar-refractivity contribution in [3.05, 3.63) is 40.4 Å². The van der Waals surface area contributed by atoms with Crippen molar-refractivity contribution in [1.82, 2.24) is 0 Å². The first kappa shape index (κ1) is 13.8. The van der Waals surface area contributed by atoms with E-state index in [1.165, 1.54) is 11.8 Å². The van der Waals surface area contributed by atoms with Crippen molar-refractivity contribution in [2.24, 2.45) is 0 Å². The van der Waals surface area contributed by atoms with Crippen LogP contribution in [0.1, 0.15) is 24.5 Å². The van der Waals surface area contributed by atoms with E-state index in [1.807, 2.05) is 24.3 Å². The topological polar surface area (TPSA) is 40.9 Å². The first-order valence-corrected chi connectivity index (χ1v) is 6.49. The third kappa shape index (κ3) is 5.08. The summed E-state index contributed by atoms with van der Waals surface area (Å²) < 4.78 is 0. The summed E-state index contributed by atoms with van der Waals surface area (Å²) in [5, 5.41) is 9.32. The third-order valence-corrected chi connectivity index (χ3v) is 3.17. The van der Waals surface area contributed by atoms with Crippen LogP contribution in [0.4, 0.5) is 0 Å². The highest BCUT2D eigenvalue weighted by molar-refractivity contribution is 8.13. The second-order valence-electron chi connectivity index (χ2n) is 3.38. The summed E-state index contributed by atoms with van der Waals surface area (Å²) in [5.41, 5.74) is 1.44. The number of hydrogen-bond acceptors (Lipinski definition) is 3. The minimum absolute atomic E-state index is 0.139. The minimum atomic E-state index is 0.139. The van der Waals surface area contributed by atoms with Gasteiger partial charge >= 0.3 is 0 Å². The molecule has 0 atom stereocenters. The van der Waals surface area contributed by atoms with Gasteiger partial charge in [0.15, 0.2) is 5.12 Å². The second-order valence-corrected chi connectivity index (χ2v) is 5.06. The summed E-state index contributed by atoms with van der Waals surface area (Å²) in [6.45, 7) is 1.56. The van der Waals surface area contributed by atoms with Crippen molar-refractivity contribution < 1.29 is 4.79 Å². The number of halogens is 1. The van der Waals surface area contributed by atoms with E-state index < -0.39 is 0 Å². The molecule has 1 aromatic carbocycles. The molecule has 0 saturated heterocycles. The summed E-state index contributed by atoms with van der Waals surface area (Å²) in [6, 6.07) is 7.32. The molecule has 0 saturated carbocycles. The number of allylic oxidation sites excluding steroid dienone is 1. The van der Waals surface area contributed by atoms with E-state index in [0.29, 0.717) is 10.6 Å². The molecule has 0 bridgehead atoms. The Morgan fingerprint density at radius 3 is 2.94 bits per heavy atom. The number of nitriles is 1. The van der Waals surface area contributed by atoms with Crippen molar-refractivity contribution in [1.29, 1.82) is 5.26 Å². The molecule has 1 rings (SSSR count). The highest BCUT2D eigenvalue weighted by Crippen LogP contribution is 2.18. The SMILES string of the molecule is CC(=O)SCCC=Cc1ccc(C#N)c(Cl)c1. The van der Waals surface area contributed by atoms with Gasteiger partial charge in [0, 0.05) is 12.7 Å². The van der Waals surface area contributed by atoms with Gasteiger partial charge in [-0.3, -0.25) is 4.79 Å². The lowest BCUT2D eigenvalue weighted by atomic mass is 10.1. The van der Waals surface area contributed by atoms with Crippen LogP contribution in [0.15, 0.2) is 24.3 Å². The van der Waals surface area contributed by atoms with E-state index in [1.54, 1.807) is 19.1 Å². The van der Waals surface area contributed by atoms with Gasteiger partial charge in [0.25, 0.3) is 0 Å². The number of hydrogen-bond donors (Lipinski definition) is 0. The van der Waals surface area contributed by atoms with Gasteiger partial charge in [-0.2, -0.15) is 5.26 Å². The highest BCUT2D eigenvalue weighted by atomic mass is 35.5. The van der Waals surface area contributed by atoms with E-state index in [0.717, 1.165) is 17.7 Å². The Balaban J connectivity index is 2.52. The largest absolute Gasteiger partial charge is 0.288 e. The molecule has 0 aliphatic carbocycles. The third-order valence-electron chi connectivity index (χ3n) is 2.01. The van der Waals surface area contributed by atoms with Crippen LogP contribution in [0.2, 0.25) is 5.02 Å². The molecule has 4 heteroatoms. The van der Waals surface area contributed by atoms with Gasteiger partial charge in [-0.25, -0.2) is 0 Å². The molecular weight excluding hydrogens is 254 g/mol. The van der Waals surface area contributed by atoms with E-state index in [-0.39, 0.29) is 5.12 Å². The van der Waals surface area contributed by atoms with Crippen LogP contribution < -0.4 is 0 Å². The molecule has 0 N–H and O–H groups in total. The number of nitrogens with zero attached hydrogens (tertiary/aromatic N) is 1. The molecule has 0 aliphatic heterocycles. The molecule has 0 aromatic heterocycles. The number of benzene rings is 1. The van der Waals surface area contributed by atoms with Crippen LogP contribution >= 0.6 is 23.4 Å². The summed E-state index contributed by atoms with van der Waals surface area (Å²) in [6.07, 6.45) is 4.77. The Morgan fingerprint density at radius 2 is 2.35 bits per heavy atom. The maximum Gasteiger partial charge on any atom is 0.185 e. The van der Waals surface area contributed by atoms with Crippen LogP contribution in [0.3, 0.4) is 0 Å². The molecule has 17 heavy (non-hydrogen) atoms. The predicted molar refractivity (Wildman–Crippen MR) is 73.0 cm³/mol. The average molecular weight is 266 g/mol. The molecule has 0 unspecified atom stereocenters. The Hall–Kier alpha value is -1.24. The maximum atomic E-state index is 10.7. The summed E-state index contributed by atoms with van der Waals surface area (Å²) >= 11 is 7.22. The van der Waals surface area contributed by atoms with E-state index in [9.17, 15) is 4.79 Å². The Kier molecular flexibility index (Phi) is 5.82. The van der Waals surface area contributed by atoms with Gasteiger partial charge in [-0.15, -0.1) is 0 Å². The van der Waals surface area contributed by atoms with Crippen molar-refractivity contribution in [3.8, 4) is 6.07 Å². The van der Waals surface area contributed by atoms with E-state index in [2.05, 4.69) is 0 Å². The number of thioether (sulfide) groups is 1. The summed E-state index contributed by atoms with van der Waals surface area (Å²) in [4.78, 5) is 10.7. The average Bonchev–Trinajstić information content (AvgIpc) is 2.28. The normalized spacial score (nSPS) is 10.4. The van der Waals surface area contributed by atoms with Crippen LogP contribution in [0, 0.1) is 11.3 Å². The first-order chi connectivity index (χ1) is 8.13. The van der Waals surface area contributed by atoms with Gasteiger partial charge in [0.05, 0.1) is 10.6 Å². The molecule has 0 aliphatic rings. The molecule has 0 fully saturated rings. The van der Waals surface area contributed by atoms with Crippen molar-refractivity contribution in [3.63, 3.8) is 0 Å². The van der Waals surface area contributed by atoms with Crippen molar-refractivity contribution in [2.45, 2.75) is 13.3 Å². The van der Waals surface area contributed by atoms with Gasteiger partial charge in [-0.05, 0) is 24.1 Å². The van der Waals surface area contributed by atoms with E-state index in [4.69, 9.17) is 16.9 Å². The summed E-state index contributed by atoms with van der Waals surface area (Å²) in [5.74, 6) is 0.788. The molecule has 0 radical (unpaired) electrons. The molecule has 0 amide bonds. The fourth-order valence-corrected chi connectivity index (χ4v) is 1.99. The maximum absolute atomic E-state index is 10.7. The molecular formula is C13H12ClNOS. The fourth-order valence-electron chi connectivity index (χ4n) is 1.22. The lowest BCUT2D eigenvalue weighted by molar-refractivity contribution is -0.109. The lowest BCUT2D eigenvalue weighted by Gasteiger charge is -1.97. The Bertz CT molecular complexity index is 477. The zero-order valence-electron chi connectivity index (χ0n) is 9.44. The molecule has 2 nitrogen and oxygen atoms in total. The molecule has 1 aromatic rings. The van der Waals surface area contributed by atoms with Crippen molar-refractivity contribution in [2.75, 3.05) is 5.75 Å². The zero-order chi connectivity index (χ0) is 12.7. The summed E-state index contributed by atoms with van der Waals surface area (Å²) in [7, 11) is 0. The van der Waals surface area contributed by atoms with Gasteiger partial charge in [0.2, 0.25) is 0 Å². The Morgan fingerprint density at radius 1 is 1.59 bits per heavy atom. The van der Waals surface area contributed by atoms with Crippen molar-refractivity contribution >= 4 is 34.6 Å². The minimum Gasteiger partial charge on any atom is -0.288 e. The van der Waals surface area contributed by atoms with Crippen LogP contribution in [-0.2, 0) is 4.79 Å². The van der Waals surface area contributed by atoms with Crippen LogP contribution in [-0.4, -0.2) is 10.9 Å². The molecule has 0 heterocycles. The standard InChI is InChI=1S/C13H12ClNOS/c1-10(16)17-7-3-2-4-11-5-6-12(9-15)13(14)8-11/h2,4-6,8H,3,7H2,1H3. The second kappa shape index (κ2) is 7.16. The fraction of sp³-hybridized carbons (Fsp3) is 0.231. The number of carbonyl (C=O) groups excluding carboxylic acids is 1. The monoisotopic (exact) mass is 265 g/mol. The Labute approximate surface area is 110 Å². The number of carbonyl (C=O) groups is 1. The van der Waals surface area contributed by atoms with Gasteiger partial charge in [0.1, 0.15) is 6.07 Å².